The Morgan fingerprint density at radius 3 is 2.93 bits per heavy atom. The molecule has 29 heavy (non-hydrogen) atoms. The zero-order valence-corrected chi connectivity index (χ0v) is 16.5. The van der Waals surface area contributed by atoms with Crippen molar-refractivity contribution in [3.05, 3.63) is 35.6 Å². The normalized spacial score (nSPS) is 28.6. The summed E-state index contributed by atoms with van der Waals surface area (Å²) in [5.41, 5.74) is 6.94. The largest absolute Gasteiger partial charge is 0.330 e. The highest BCUT2D eigenvalue weighted by atomic mass is 19.1. The molecule has 3 saturated heterocycles. The molecule has 0 aliphatic carbocycles. The Labute approximate surface area is 169 Å². The van der Waals surface area contributed by atoms with Crippen LogP contribution in [-0.4, -0.2) is 70.3 Å². The number of hydrogen-bond donors (Lipinski definition) is 1. The van der Waals surface area contributed by atoms with E-state index in [0.717, 1.165) is 12.0 Å². The van der Waals surface area contributed by atoms with Crippen LogP contribution >= 0.6 is 0 Å². The number of piperazine rings is 1. The number of halogens is 1. The Morgan fingerprint density at radius 2 is 2.24 bits per heavy atom. The molecule has 1 aromatic carbocycles. The van der Waals surface area contributed by atoms with Crippen molar-refractivity contribution in [3.8, 4) is 6.07 Å². The van der Waals surface area contributed by atoms with Gasteiger partial charge in [-0.15, -0.1) is 0 Å². The third-order valence-corrected chi connectivity index (χ3v) is 6.50. The monoisotopic (exact) mass is 399 g/mol. The topological polar surface area (TPSA) is 93.7 Å². The second kappa shape index (κ2) is 7.73. The summed E-state index contributed by atoms with van der Waals surface area (Å²) in [6, 6.07) is 6.92. The Morgan fingerprint density at radius 1 is 1.45 bits per heavy atom. The Kier molecular flexibility index (Phi) is 5.28. The Balaban J connectivity index is 1.40. The van der Waals surface area contributed by atoms with Crippen molar-refractivity contribution >= 4 is 11.8 Å². The quantitative estimate of drug-likeness (QED) is 0.798. The first kappa shape index (κ1) is 19.8. The van der Waals surface area contributed by atoms with E-state index < -0.39 is 12.1 Å². The molecule has 5 atom stereocenters. The van der Waals surface area contributed by atoms with Crippen molar-refractivity contribution < 1.29 is 14.0 Å². The molecule has 154 valence electrons. The van der Waals surface area contributed by atoms with Gasteiger partial charge in [-0.2, -0.15) is 5.26 Å². The molecule has 3 heterocycles. The van der Waals surface area contributed by atoms with E-state index in [1.165, 1.54) is 12.1 Å². The second-order valence-corrected chi connectivity index (χ2v) is 8.26. The van der Waals surface area contributed by atoms with Crippen molar-refractivity contribution in [3.63, 3.8) is 0 Å². The van der Waals surface area contributed by atoms with E-state index in [0.29, 0.717) is 32.5 Å². The number of amides is 2. The Bertz CT molecular complexity index is 856. The number of hydrogen-bond acceptors (Lipinski definition) is 5. The summed E-state index contributed by atoms with van der Waals surface area (Å²) in [5, 5.41) is 9.20. The predicted molar refractivity (Wildman–Crippen MR) is 104 cm³/mol. The molecule has 0 aromatic heterocycles. The molecule has 4 rings (SSSR count). The molecule has 3 aliphatic rings. The molecule has 7 nitrogen and oxygen atoms in total. The van der Waals surface area contributed by atoms with Crippen LogP contribution in [-0.2, 0) is 9.59 Å². The SMILES string of the molecule is C[C@H](c1cccc(F)c1)N1C(=O)[C@@H]2CC1CN2C[C@H](N)C(=O)N1CCC[C@H]1C#N. The van der Waals surface area contributed by atoms with E-state index in [4.69, 9.17) is 5.73 Å². The number of nitrogens with two attached hydrogens (primary N) is 1. The van der Waals surface area contributed by atoms with Crippen LogP contribution in [0.25, 0.3) is 0 Å². The molecule has 3 fully saturated rings. The van der Waals surface area contributed by atoms with Gasteiger partial charge in [-0.25, -0.2) is 4.39 Å². The molecule has 0 spiro atoms. The van der Waals surface area contributed by atoms with E-state index in [1.54, 1.807) is 11.0 Å². The van der Waals surface area contributed by atoms with Crippen LogP contribution in [0, 0.1) is 17.1 Å². The fraction of sp³-hybridized carbons (Fsp3) is 0.571. The molecule has 2 N–H and O–H groups in total. The van der Waals surface area contributed by atoms with Crippen LogP contribution in [0.15, 0.2) is 24.3 Å². The van der Waals surface area contributed by atoms with Crippen molar-refractivity contribution in [2.75, 3.05) is 19.6 Å². The van der Waals surface area contributed by atoms with Gasteiger partial charge in [0.1, 0.15) is 11.9 Å². The number of carbonyl (C=O) groups is 2. The molecule has 1 aromatic rings. The van der Waals surface area contributed by atoms with E-state index in [1.807, 2.05) is 22.8 Å². The van der Waals surface area contributed by atoms with Crippen LogP contribution in [0.2, 0.25) is 0 Å². The van der Waals surface area contributed by atoms with Gasteiger partial charge in [-0.3, -0.25) is 14.5 Å². The number of nitrogens with zero attached hydrogens (tertiary/aromatic N) is 4. The van der Waals surface area contributed by atoms with Gasteiger partial charge in [-0.1, -0.05) is 12.1 Å². The average Bonchev–Trinajstić information content (AvgIpc) is 3.41. The number of carbonyl (C=O) groups excluding carboxylic acids is 2. The Hall–Kier alpha value is -2.50. The maximum Gasteiger partial charge on any atom is 0.241 e. The second-order valence-electron chi connectivity index (χ2n) is 8.26. The first-order chi connectivity index (χ1) is 13.9. The smallest absolute Gasteiger partial charge is 0.241 e. The fourth-order valence-corrected chi connectivity index (χ4v) is 5.03. The lowest BCUT2D eigenvalue weighted by Crippen LogP contribution is -2.56. The minimum atomic E-state index is -0.745. The number of benzene rings is 1. The summed E-state index contributed by atoms with van der Waals surface area (Å²) in [6.45, 7) is 3.44. The molecule has 2 amide bonds. The number of fused-ring (bicyclic) bond motifs is 2. The number of likely N-dealkylation sites (tertiary alicyclic amines) is 3. The molecule has 3 aliphatic heterocycles. The van der Waals surface area contributed by atoms with Gasteiger partial charge in [0, 0.05) is 25.7 Å². The summed E-state index contributed by atoms with van der Waals surface area (Å²) in [4.78, 5) is 31.1. The fourth-order valence-electron chi connectivity index (χ4n) is 5.03. The molecule has 0 radical (unpaired) electrons. The van der Waals surface area contributed by atoms with Gasteiger partial charge < -0.3 is 15.5 Å². The average molecular weight is 399 g/mol. The first-order valence-electron chi connectivity index (χ1n) is 10.2. The van der Waals surface area contributed by atoms with Gasteiger partial charge in [0.15, 0.2) is 0 Å². The summed E-state index contributed by atoms with van der Waals surface area (Å²) in [6.07, 6.45) is 2.20. The minimum absolute atomic E-state index is 0.00809. The standard InChI is InChI=1S/C21H26FN5O2/c1-13(14-4-2-5-15(22)8-14)27-17-9-19(21(27)29)25(11-17)12-18(24)20(28)26-7-3-6-16(26)10-23/h2,4-5,8,13,16-19H,3,6-7,9,11-12,24H2,1H3/t13-,16+,17?,18+,19+/m1/s1. The maximum absolute atomic E-state index is 13.6. The van der Waals surface area contributed by atoms with Gasteiger partial charge in [0.05, 0.1) is 24.2 Å². The van der Waals surface area contributed by atoms with E-state index in [-0.39, 0.29) is 35.8 Å². The summed E-state index contributed by atoms with van der Waals surface area (Å²) in [7, 11) is 0. The van der Waals surface area contributed by atoms with Gasteiger partial charge in [0.2, 0.25) is 11.8 Å². The zero-order chi connectivity index (χ0) is 20.7. The highest BCUT2D eigenvalue weighted by Crippen LogP contribution is 2.38. The molecular weight excluding hydrogens is 373 g/mol. The highest BCUT2D eigenvalue weighted by Gasteiger charge is 2.51. The van der Waals surface area contributed by atoms with Gasteiger partial charge in [0.25, 0.3) is 0 Å². The van der Waals surface area contributed by atoms with E-state index >= 15 is 0 Å². The lowest BCUT2D eigenvalue weighted by atomic mass is 10.1. The third-order valence-electron chi connectivity index (χ3n) is 6.50. The molecular formula is C21H26FN5O2. The zero-order valence-electron chi connectivity index (χ0n) is 16.5. The number of nitriles is 1. The van der Waals surface area contributed by atoms with Crippen LogP contribution in [0.5, 0.6) is 0 Å². The van der Waals surface area contributed by atoms with Crippen LogP contribution < -0.4 is 5.73 Å². The number of rotatable bonds is 5. The predicted octanol–water partition coefficient (Wildman–Crippen LogP) is 1.01. The first-order valence-corrected chi connectivity index (χ1v) is 10.2. The summed E-state index contributed by atoms with van der Waals surface area (Å²) >= 11 is 0. The highest BCUT2D eigenvalue weighted by molar-refractivity contribution is 5.87. The lowest BCUT2D eigenvalue weighted by molar-refractivity contribution is -0.141. The van der Waals surface area contributed by atoms with Crippen LogP contribution in [0.4, 0.5) is 4.39 Å². The van der Waals surface area contributed by atoms with Crippen molar-refractivity contribution in [1.29, 1.82) is 5.26 Å². The van der Waals surface area contributed by atoms with Gasteiger partial charge >= 0.3 is 0 Å². The van der Waals surface area contributed by atoms with Crippen molar-refractivity contribution in [1.82, 2.24) is 14.7 Å². The van der Waals surface area contributed by atoms with E-state index in [9.17, 15) is 19.2 Å². The third kappa shape index (κ3) is 3.49. The van der Waals surface area contributed by atoms with Crippen LogP contribution in [0.1, 0.15) is 37.8 Å². The van der Waals surface area contributed by atoms with Crippen molar-refractivity contribution in [2.24, 2.45) is 5.73 Å². The molecule has 0 saturated carbocycles. The summed E-state index contributed by atoms with van der Waals surface area (Å²) in [5.74, 6) is -0.516. The summed E-state index contributed by atoms with van der Waals surface area (Å²) < 4.78 is 13.6. The maximum atomic E-state index is 13.6. The molecule has 8 heteroatoms. The lowest BCUT2D eigenvalue weighted by Gasteiger charge is -2.38. The molecule has 2 bridgehead atoms. The van der Waals surface area contributed by atoms with Crippen molar-refractivity contribution in [2.45, 2.75) is 56.4 Å². The molecule has 1 unspecified atom stereocenters. The van der Waals surface area contributed by atoms with E-state index in [2.05, 4.69) is 6.07 Å². The minimum Gasteiger partial charge on any atom is -0.330 e. The van der Waals surface area contributed by atoms with Crippen LogP contribution in [0.3, 0.4) is 0 Å². The van der Waals surface area contributed by atoms with Gasteiger partial charge in [-0.05, 0) is 43.9 Å².